The van der Waals surface area contributed by atoms with Gasteiger partial charge in [0, 0.05) is 11.3 Å². The molecule has 0 aliphatic rings. The Morgan fingerprint density at radius 1 is 1.29 bits per heavy atom. The second-order valence-corrected chi connectivity index (χ2v) is 5.27. The van der Waals surface area contributed by atoms with E-state index in [4.69, 9.17) is 6.42 Å². The summed E-state index contributed by atoms with van der Waals surface area (Å²) in [6, 6.07) is 12.8. The number of amides is 1. The molecule has 0 saturated heterocycles. The van der Waals surface area contributed by atoms with E-state index in [1.807, 2.05) is 17.5 Å². The molecule has 102 valence electrons. The van der Waals surface area contributed by atoms with E-state index >= 15 is 0 Å². The molecule has 2 aromatic heterocycles. The monoisotopic (exact) mass is 293 g/mol. The van der Waals surface area contributed by atoms with Crippen LogP contribution in [0.4, 0.5) is 5.69 Å². The quantitative estimate of drug-likeness (QED) is 0.727. The number of hydrogen-bond acceptors (Lipinski definition) is 3. The molecule has 3 aromatic rings. The van der Waals surface area contributed by atoms with E-state index in [-0.39, 0.29) is 5.91 Å². The Morgan fingerprint density at radius 2 is 2.19 bits per heavy atom. The van der Waals surface area contributed by atoms with Crippen LogP contribution >= 0.6 is 11.3 Å². The highest BCUT2D eigenvalue weighted by molar-refractivity contribution is 7.13. The maximum Gasteiger partial charge on any atom is 0.276 e. The van der Waals surface area contributed by atoms with Gasteiger partial charge in [0.05, 0.1) is 10.6 Å². The molecule has 0 unspecified atom stereocenters. The molecule has 3 rings (SSSR count). The van der Waals surface area contributed by atoms with Crippen molar-refractivity contribution < 1.29 is 4.79 Å². The molecule has 1 amide bonds. The first-order valence-electron chi connectivity index (χ1n) is 6.23. The van der Waals surface area contributed by atoms with E-state index < -0.39 is 0 Å². The topological polar surface area (TPSA) is 57.8 Å². The molecule has 0 radical (unpaired) electrons. The lowest BCUT2D eigenvalue weighted by molar-refractivity contribution is 0.102. The van der Waals surface area contributed by atoms with Gasteiger partial charge in [0.2, 0.25) is 0 Å². The summed E-state index contributed by atoms with van der Waals surface area (Å²) in [6.07, 6.45) is 5.34. The Balaban J connectivity index is 1.78. The van der Waals surface area contributed by atoms with Gasteiger partial charge in [-0.3, -0.25) is 9.89 Å². The second-order valence-electron chi connectivity index (χ2n) is 4.32. The third-order valence-corrected chi connectivity index (χ3v) is 3.79. The van der Waals surface area contributed by atoms with Crippen LogP contribution in [0.2, 0.25) is 0 Å². The molecule has 0 atom stereocenters. The Morgan fingerprint density at radius 3 is 2.95 bits per heavy atom. The maximum atomic E-state index is 12.2. The number of aromatic nitrogens is 2. The van der Waals surface area contributed by atoms with Crippen molar-refractivity contribution in [1.82, 2.24) is 10.2 Å². The number of carbonyl (C=O) groups is 1. The summed E-state index contributed by atoms with van der Waals surface area (Å²) in [6.45, 7) is 0. The summed E-state index contributed by atoms with van der Waals surface area (Å²) >= 11 is 1.58. The van der Waals surface area contributed by atoms with E-state index in [1.165, 1.54) is 0 Å². The van der Waals surface area contributed by atoms with Crippen LogP contribution in [0.1, 0.15) is 16.1 Å². The molecule has 0 fully saturated rings. The number of benzene rings is 1. The molecule has 21 heavy (non-hydrogen) atoms. The number of anilines is 1. The zero-order valence-corrected chi connectivity index (χ0v) is 11.8. The normalized spacial score (nSPS) is 10.0. The Kier molecular flexibility index (Phi) is 3.54. The predicted molar refractivity (Wildman–Crippen MR) is 84.2 cm³/mol. The molecular weight excluding hydrogens is 282 g/mol. The number of H-pyrrole nitrogens is 1. The molecule has 2 N–H and O–H groups in total. The minimum atomic E-state index is -0.275. The number of nitrogens with one attached hydrogen (secondary N) is 2. The Labute approximate surface area is 125 Å². The largest absolute Gasteiger partial charge is 0.321 e. The van der Waals surface area contributed by atoms with E-state index in [9.17, 15) is 4.79 Å². The van der Waals surface area contributed by atoms with Gasteiger partial charge in [-0.2, -0.15) is 5.10 Å². The zero-order chi connectivity index (χ0) is 14.7. The number of terminal acetylenes is 1. The van der Waals surface area contributed by atoms with Crippen LogP contribution in [0.15, 0.2) is 47.8 Å². The van der Waals surface area contributed by atoms with Crippen molar-refractivity contribution in [2.24, 2.45) is 0 Å². The van der Waals surface area contributed by atoms with Gasteiger partial charge in [-0.05, 0) is 35.7 Å². The van der Waals surface area contributed by atoms with Crippen molar-refractivity contribution in [3.05, 3.63) is 59.1 Å². The smallest absolute Gasteiger partial charge is 0.276 e. The molecule has 0 bridgehead atoms. The molecular formula is C16H11N3OS. The first kappa shape index (κ1) is 13.2. The third-order valence-electron chi connectivity index (χ3n) is 2.88. The number of rotatable bonds is 3. The zero-order valence-electron chi connectivity index (χ0n) is 11.0. The van der Waals surface area contributed by atoms with Gasteiger partial charge >= 0.3 is 0 Å². The summed E-state index contributed by atoms with van der Waals surface area (Å²) in [5.74, 6) is 2.26. The average molecular weight is 293 g/mol. The van der Waals surface area contributed by atoms with Gasteiger partial charge < -0.3 is 5.32 Å². The molecule has 4 nitrogen and oxygen atoms in total. The fourth-order valence-electron chi connectivity index (χ4n) is 1.88. The van der Waals surface area contributed by atoms with E-state index in [0.717, 1.165) is 10.6 Å². The van der Waals surface area contributed by atoms with Crippen LogP contribution in [0.3, 0.4) is 0 Å². The summed E-state index contributed by atoms with van der Waals surface area (Å²) in [4.78, 5) is 13.2. The molecule has 1 aromatic carbocycles. The van der Waals surface area contributed by atoms with Crippen molar-refractivity contribution in [2.45, 2.75) is 0 Å². The van der Waals surface area contributed by atoms with Gasteiger partial charge in [0.25, 0.3) is 5.91 Å². The summed E-state index contributed by atoms with van der Waals surface area (Å²) < 4.78 is 0. The van der Waals surface area contributed by atoms with Gasteiger partial charge in [-0.1, -0.05) is 18.1 Å². The number of carbonyl (C=O) groups excluding carboxylic acids is 1. The number of hydrogen-bond donors (Lipinski definition) is 2. The molecule has 0 spiro atoms. The average Bonchev–Trinajstić information content (AvgIpc) is 3.18. The van der Waals surface area contributed by atoms with Gasteiger partial charge in [-0.15, -0.1) is 17.8 Å². The van der Waals surface area contributed by atoms with Crippen LogP contribution < -0.4 is 5.32 Å². The van der Waals surface area contributed by atoms with Crippen molar-refractivity contribution in [1.29, 1.82) is 0 Å². The van der Waals surface area contributed by atoms with Crippen LogP contribution in [0.5, 0.6) is 0 Å². The summed E-state index contributed by atoms with van der Waals surface area (Å²) in [7, 11) is 0. The lowest BCUT2D eigenvalue weighted by Crippen LogP contribution is -2.12. The second kappa shape index (κ2) is 5.65. The lowest BCUT2D eigenvalue weighted by atomic mass is 10.2. The number of thiophene rings is 1. The van der Waals surface area contributed by atoms with Crippen molar-refractivity contribution >= 4 is 22.9 Å². The summed E-state index contributed by atoms with van der Waals surface area (Å²) in [5, 5.41) is 11.7. The minimum Gasteiger partial charge on any atom is -0.321 e. The first-order valence-corrected chi connectivity index (χ1v) is 7.11. The van der Waals surface area contributed by atoms with Crippen LogP contribution in [0, 0.1) is 12.3 Å². The van der Waals surface area contributed by atoms with E-state index in [1.54, 1.807) is 41.7 Å². The Bertz CT molecular complexity index is 812. The SMILES string of the molecule is C#Cc1cccc(NC(=O)c2cc(-c3cccs3)[nH]n2)c1. The van der Waals surface area contributed by atoms with Gasteiger partial charge in [0.1, 0.15) is 0 Å². The molecule has 2 heterocycles. The Hall–Kier alpha value is -2.84. The van der Waals surface area contributed by atoms with Crippen LogP contribution in [-0.4, -0.2) is 16.1 Å². The van der Waals surface area contributed by atoms with E-state index in [0.29, 0.717) is 16.9 Å². The standard InChI is InChI=1S/C16H11N3OS/c1-2-11-5-3-6-12(9-11)17-16(20)14-10-13(18-19-14)15-7-4-8-21-15/h1,3-10H,(H,17,20)(H,18,19). The van der Waals surface area contributed by atoms with Crippen LogP contribution in [-0.2, 0) is 0 Å². The fourth-order valence-corrected chi connectivity index (χ4v) is 2.57. The highest BCUT2D eigenvalue weighted by Gasteiger charge is 2.12. The summed E-state index contributed by atoms with van der Waals surface area (Å²) in [5.41, 5.74) is 2.53. The fraction of sp³-hybridized carbons (Fsp3) is 0. The van der Waals surface area contributed by atoms with E-state index in [2.05, 4.69) is 21.4 Å². The van der Waals surface area contributed by atoms with Crippen molar-refractivity contribution in [3.8, 4) is 22.9 Å². The molecule has 5 heteroatoms. The maximum absolute atomic E-state index is 12.2. The molecule has 0 saturated carbocycles. The highest BCUT2D eigenvalue weighted by atomic mass is 32.1. The molecule has 0 aliphatic heterocycles. The third kappa shape index (κ3) is 2.86. The molecule has 0 aliphatic carbocycles. The number of nitrogens with zero attached hydrogens (tertiary/aromatic N) is 1. The van der Waals surface area contributed by atoms with Crippen LogP contribution in [0.25, 0.3) is 10.6 Å². The predicted octanol–water partition coefficient (Wildman–Crippen LogP) is 3.37. The number of aromatic amines is 1. The highest BCUT2D eigenvalue weighted by Crippen LogP contribution is 2.23. The lowest BCUT2D eigenvalue weighted by Gasteiger charge is -2.03. The van der Waals surface area contributed by atoms with Gasteiger partial charge in [0.15, 0.2) is 5.69 Å². The first-order chi connectivity index (χ1) is 10.3. The minimum absolute atomic E-state index is 0.275. The van der Waals surface area contributed by atoms with Crippen molar-refractivity contribution in [3.63, 3.8) is 0 Å². The van der Waals surface area contributed by atoms with Crippen molar-refractivity contribution in [2.75, 3.05) is 5.32 Å². The van der Waals surface area contributed by atoms with Gasteiger partial charge in [-0.25, -0.2) is 0 Å².